The van der Waals surface area contributed by atoms with E-state index in [1.54, 1.807) is 41.3 Å². The van der Waals surface area contributed by atoms with Crippen LogP contribution in [0.25, 0.3) is 0 Å². The molecular weight excluding hydrogens is 361 g/mol. The minimum Gasteiger partial charge on any atom is -0.480 e. The summed E-state index contributed by atoms with van der Waals surface area (Å²) in [6, 6.07) is 11.5. The molecule has 0 radical (unpaired) electrons. The number of rotatable bonds is 5. The van der Waals surface area contributed by atoms with Crippen LogP contribution in [0.5, 0.6) is 0 Å². The van der Waals surface area contributed by atoms with E-state index in [1.807, 2.05) is 0 Å². The summed E-state index contributed by atoms with van der Waals surface area (Å²) in [5.41, 5.74) is 1.38. The second-order valence-electron chi connectivity index (χ2n) is 4.44. The van der Waals surface area contributed by atoms with Gasteiger partial charge in [-0.25, -0.2) is 4.39 Å². The molecule has 0 saturated heterocycles. The summed E-state index contributed by atoms with van der Waals surface area (Å²) in [5.74, 6) is -1.34. The van der Waals surface area contributed by atoms with E-state index in [-0.39, 0.29) is 18.9 Å². The van der Waals surface area contributed by atoms with Gasteiger partial charge >= 0.3 is 5.97 Å². The number of nitrogens with zero attached hydrogens (tertiary/aromatic N) is 1. The maximum absolute atomic E-state index is 13.5. The molecule has 0 fully saturated rings. The number of carboxylic acids is 1. The molecule has 0 amide bonds. The first-order valence-corrected chi connectivity index (χ1v) is 7.29. The maximum atomic E-state index is 13.5. The van der Waals surface area contributed by atoms with Crippen LogP contribution in [0.2, 0.25) is 5.02 Å². The van der Waals surface area contributed by atoms with E-state index in [4.69, 9.17) is 16.7 Å². The van der Waals surface area contributed by atoms with E-state index in [1.165, 1.54) is 6.07 Å². The third kappa shape index (κ3) is 4.19. The Balaban J connectivity index is 2.30. The van der Waals surface area contributed by atoms with Gasteiger partial charge in [0.15, 0.2) is 0 Å². The predicted octanol–water partition coefficient (Wildman–Crippen LogP) is 4.33. The molecule has 2 rings (SSSR count). The molecule has 0 bridgehead atoms. The molecule has 0 atom stereocenters. The number of carbonyl (C=O) groups is 1. The number of benzene rings is 2. The quantitative estimate of drug-likeness (QED) is 0.849. The zero-order valence-corrected chi connectivity index (χ0v) is 13.2. The Bertz CT molecular complexity index is 649. The van der Waals surface area contributed by atoms with Crippen LogP contribution in [0, 0.1) is 5.82 Å². The van der Waals surface area contributed by atoms with Crippen molar-refractivity contribution in [1.29, 1.82) is 0 Å². The molecule has 110 valence electrons. The topological polar surface area (TPSA) is 40.5 Å². The fraction of sp³-hybridized carbons (Fsp3) is 0.133. The number of carboxylic acid groups (broad SMARTS) is 1. The second-order valence-corrected chi connectivity index (χ2v) is 5.67. The van der Waals surface area contributed by atoms with E-state index >= 15 is 0 Å². The molecule has 1 N–H and O–H groups in total. The van der Waals surface area contributed by atoms with Crippen LogP contribution in [0.15, 0.2) is 46.9 Å². The van der Waals surface area contributed by atoms with E-state index in [9.17, 15) is 9.18 Å². The van der Waals surface area contributed by atoms with Gasteiger partial charge in [-0.05, 0) is 51.8 Å². The fourth-order valence-corrected chi connectivity index (χ4v) is 2.45. The first-order chi connectivity index (χ1) is 9.97. The fourth-order valence-electron chi connectivity index (χ4n) is 1.93. The summed E-state index contributed by atoms with van der Waals surface area (Å²) in [6.07, 6.45) is 0. The average molecular weight is 373 g/mol. The molecule has 0 aliphatic rings. The molecule has 2 aromatic carbocycles. The van der Waals surface area contributed by atoms with Crippen molar-refractivity contribution in [2.24, 2.45) is 0 Å². The van der Waals surface area contributed by atoms with Crippen molar-refractivity contribution < 1.29 is 14.3 Å². The van der Waals surface area contributed by atoms with Crippen molar-refractivity contribution in [3.8, 4) is 0 Å². The highest BCUT2D eigenvalue weighted by Crippen LogP contribution is 2.25. The summed E-state index contributed by atoms with van der Waals surface area (Å²) in [5, 5.41) is 9.62. The van der Waals surface area contributed by atoms with Gasteiger partial charge in [-0.1, -0.05) is 23.7 Å². The van der Waals surface area contributed by atoms with Crippen molar-refractivity contribution in [2.45, 2.75) is 6.54 Å². The van der Waals surface area contributed by atoms with Gasteiger partial charge in [0.2, 0.25) is 0 Å². The summed E-state index contributed by atoms with van der Waals surface area (Å²) in [6.45, 7) is 0.0802. The number of aliphatic carboxylic acids is 1. The molecular formula is C15H12BrClFNO2. The zero-order chi connectivity index (χ0) is 15.4. The largest absolute Gasteiger partial charge is 0.480 e. The average Bonchev–Trinajstić information content (AvgIpc) is 2.43. The lowest BCUT2D eigenvalue weighted by Gasteiger charge is -2.23. The molecule has 21 heavy (non-hydrogen) atoms. The SMILES string of the molecule is O=C(O)CN(Cc1cccc(F)c1Br)c1ccc(Cl)cc1. The van der Waals surface area contributed by atoms with Crippen LogP contribution >= 0.6 is 27.5 Å². The van der Waals surface area contributed by atoms with Gasteiger partial charge in [-0.3, -0.25) is 4.79 Å². The Labute approximate surface area is 135 Å². The van der Waals surface area contributed by atoms with Crippen LogP contribution in [0.4, 0.5) is 10.1 Å². The number of hydrogen-bond donors (Lipinski definition) is 1. The molecule has 0 saturated carbocycles. The van der Waals surface area contributed by atoms with E-state index < -0.39 is 5.97 Å². The van der Waals surface area contributed by atoms with Gasteiger partial charge in [0.25, 0.3) is 0 Å². The monoisotopic (exact) mass is 371 g/mol. The first kappa shape index (κ1) is 15.8. The lowest BCUT2D eigenvalue weighted by molar-refractivity contribution is -0.135. The Hall–Kier alpha value is -1.59. The van der Waals surface area contributed by atoms with Crippen molar-refractivity contribution in [2.75, 3.05) is 11.4 Å². The van der Waals surface area contributed by atoms with Gasteiger partial charge in [0.1, 0.15) is 12.4 Å². The first-order valence-electron chi connectivity index (χ1n) is 6.12. The molecule has 0 aliphatic carbocycles. The highest BCUT2D eigenvalue weighted by Gasteiger charge is 2.14. The van der Waals surface area contributed by atoms with Gasteiger partial charge in [-0.2, -0.15) is 0 Å². The van der Waals surface area contributed by atoms with E-state index in [2.05, 4.69) is 15.9 Å². The molecule has 6 heteroatoms. The van der Waals surface area contributed by atoms with E-state index in [0.717, 1.165) is 0 Å². The highest BCUT2D eigenvalue weighted by molar-refractivity contribution is 9.10. The van der Waals surface area contributed by atoms with Crippen LogP contribution < -0.4 is 4.90 Å². The highest BCUT2D eigenvalue weighted by atomic mass is 79.9. The Morgan fingerprint density at radius 1 is 1.24 bits per heavy atom. The van der Waals surface area contributed by atoms with Gasteiger partial charge in [0.05, 0.1) is 4.47 Å². The summed E-state index contributed by atoms with van der Waals surface area (Å²) >= 11 is 9.03. The van der Waals surface area contributed by atoms with Crippen molar-refractivity contribution in [1.82, 2.24) is 0 Å². The minimum absolute atomic E-state index is 0.190. The van der Waals surface area contributed by atoms with Gasteiger partial charge in [-0.15, -0.1) is 0 Å². The lowest BCUT2D eigenvalue weighted by atomic mass is 10.2. The van der Waals surface area contributed by atoms with Crippen LogP contribution in [-0.4, -0.2) is 17.6 Å². The molecule has 0 aliphatic heterocycles. The Morgan fingerprint density at radius 2 is 1.90 bits per heavy atom. The van der Waals surface area contributed by atoms with E-state index in [0.29, 0.717) is 20.7 Å². The molecule has 0 unspecified atom stereocenters. The van der Waals surface area contributed by atoms with Crippen molar-refractivity contribution in [3.05, 3.63) is 63.3 Å². The Kier molecular flexibility index (Phi) is 5.20. The molecule has 0 spiro atoms. The molecule has 0 heterocycles. The summed E-state index contributed by atoms with van der Waals surface area (Å²) in [7, 11) is 0. The van der Waals surface area contributed by atoms with Crippen molar-refractivity contribution in [3.63, 3.8) is 0 Å². The number of hydrogen-bond acceptors (Lipinski definition) is 2. The second kappa shape index (κ2) is 6.91. The van der Waals surface area contributed by atoms with Crippen LogP contribution in [0.1, 0.15) is 5.56 Å². The lowest BCUT2D eigenvalue weighted by Crippen LogP contribution is -2.29. The molecule has 2 aromatic rings. The van der Waals surface area contributed by atoms with Crippen molar-refractivity contribution >= 4 is 39.2 Å². The standard InChI is InChI=1S/C15H12BrClFNO2/c16-15-10(2-1-3-13(15)18)8-19(9-14(20)21)12-6-4-11(17)5-7-12/h1-7H,8-9H2,(H,20,21). The zero-order valence-electron chi connectivity index (χ0n) is 10.9. The molecule has 3 nitrogen and oxygen atoms in total. The van der Waals surface area contributed by atoms with Gasteiger partial charge < -0.3 is 10.0 Å². The number of anilines is 1. The third-order valence-corrected chi connectivity index (χ3v) is 4.05. The normalized spacial score (nSPS) is 10.4. The van der Waals surface area contributed by atoms with Gasteiger partial charge in [0, 0.05) is 17.3 Å². The number of halogens is 3. The minimum atomic E-state index is -0.961. The summed E-state index contributed by atoms with van der Waals surface area (Å²) in [4.78, 5) is 12.7. The predicted molar refractivity (Wildman–Crippen MR) is 84.2 cm³/mol. The Morgan fingerprint density at radius 3 is 2.52 bits per heavy atom. The third-order valence-electron chi connectivity index (χ3n) is 2.91. The van der Waals surface area contributed by atoms with Crippen LogP contribution in [0.3, 0.4) is 0 Å². The summed E-state index contributed by atoms with van der Waals surface area (Å²) < 4.78 is 13.9. The maximum Gasteiger partial charge on any atom is 0.323 e. The molecule has 0 aromatic heterocycles. The smallest absolute Gasteiger partial charge is 0.323 e. The van der Waals surface area contributed by atoms with Crippen LogP contribution in [-0.2, 0) is 11.3 Å².